The van der Waals surface area contributed by atoms with Gasteiger partial charge < -0.3 is 15.0 Å². The summed E-state index contributed by atoms with van der Waals surface area (Å²) in [6.07, 6.45) is 3.79. The standard InChI is InChI=1S/C22H24N4O7/c1-24-18(29)14-7-6-13(10-15(14)19(24)30)23-16(27)12-33-17(28)11-26-20(31)22(25(2)21(26)32)8-4-3-5-9-22/h6-7,10H,3-5,8-9,11-12H2,1-2H3,(H,23,27). The number of rotatable bonds is 5. The van der Waals surface area contributed by atoms with Gasteiger partial charge in [-0.3, -0.25) is 33.8 Å². The molecule has 3 aliphatic rings. The van der Waals surface area contributed by atoms with Crippen LogP contribution in [0.1, 0.15) is 52.8 Å². The highest BCUT2D eigenvalue weighted by Crippen LogP contribution is 2.39. The molecule has 1 aromatic rings. The van der Waals surface area contributed by atoms with Crippen LogP contribution in [0, 0.1) is 0 Å². The van der Waals surface area contributed by atoms with Crippen LogP contribution in [-0.4, -0.2) is 83.1 Å². The summed E-state index contributed by atoms with van der Waals surface area (Å²) in [5.74, 6) is -2.86. The summed E-state index contributed by atoms with van der Waals surface area (Å²) < 4.78 is 4.95. The van der Waals surface area contributed by atoms with E-state index in [0.29, 0.717) is 12.8 Å². The molecule has 2 aliphatic heterocycles. The first-order valence-electron chi connectivity index (χ1n) is 10.7. The second-order valence-corrected chi connectivity index (χ2v) is 8.46. The number of ether oxygens (including phenoxy) is 1. The van der Waals surface area contributed by atoms with Crippen molar-refractivity contribution in [3.63, 3.8) is 0 Å². The lowest BCUT2D eigenvalue weighted by Gasteiger charge is -2.35. The molecule has 0 bridgehead atoms. The fourth-order valence-corrected chi connectivity index (χ4v) is 4.63. The summed E-state index contributed by atoms with van der Waals surface area (Å²) in [5.41, 5.74) is -0.221. The van der Waals surface area contributed by atoms with Crippen molar-refractivity contribution in [1.29, 1.82) is 0 Å². The number of fused-ring (bicyclic) bond motifs is 1. The number of benzene rings is 1. The molecule has 1 spiro atoms. The normalized spacial score (nSPS) is 19.4. The molecule has 0 atom stereocenters. The van der Waals surface area contributed by atoms with E-state index in [-0.39, 0.29) is 16.8 Å². The van der Waals surface area contributed by atoms with E-state index < -0.39 is 54.3 Å². The molecule has 0 unspecified atom stereocenters. The summed E-state index contributed by atoms with van der Waals surface area (Å²) in [5, 5.41) is 2.49. The molecule has 33 heavy (non-hydrogen) atoms. The first kappa shape index (κ1) is 22.4. The Balaban J connectivity index is 1.32. The number of hydrogen-bond acceptors (Lipinski definition) is 7. The van der Waals surface area contributed by atoms with Gasteiger partial charge in [0.15, 0.2) is 6.61 Å². The van der Waals surface area contributed by atoms with Crippen molar-refractivity contribution < 1.29 is 33.5 Å². The molecule has 6 amide bonds. The summed E-state index contributed by atoms with van der Waals surface area (Å²) in [6.45, 7) is -1.21. The molecule has 11 nitrogen and oxygen atoms in total. The Hall–Kier alpha value is -3.76. The summed E-state index contributed by atoms with van der Waals surface area (Å²) in [7, 11) is 2.93. The minimum absolute atomic E-state index is 0.170. The largest absolute Gasteiger partial charge is 0.454 e. The zero-order valence-electron chi connectivity index (χ0n) is 18.4. The number of imide groups is 2. The Kier molecular flexibility index (Phi) is 5.64. The zero-order chi connectivity index (χ0) is 23.9. The molecular formula is C22H24N4O7. The second kappa shape index (κ2) is 8.30. The molecule has 2 fully saturated rings. The Bertz CT molecular complexity index is 1080. The number of amides is 6. The topological polar surface area (TPSA) is 133 Å². The van der Waals surface area contributed by atoms with Gasteiger partial charge in [-0.25, -0.2) is 4.79 Å². The van der Waals surface area contributed by atoms with E-state index in [9.17, 15) is 28.8 Å². The maximum Gasteiger partial charge on any atom is 0.327 e. The first-order valence-corrected chi connectivity index (χ1v) is 10.7. The monoisotopic (exact) mass is 456 g/mol. The van der Waals surface area contributed by atoms with Crippen LogP contribution in [-0.2, 0) is 19.1 Å². The van der Waals surface area contributed by atoms with Gasteiger partial charge in [0.1, 0.15) is 12.1 Å². The van der Waals surface area contributed by atoms with Gasteiger partial charge in [-0.2, -0.15) is 0 Å². The average molecular weight is 456 g/mol. The molecule has 174 valence electrons. The number of carbonyl (C=O) groups is 6. The molecule has 1 saturated heterocycles. The molecule has 1 saturated carbocycles. The minimum atomic E-state index is -0.895. The number of anilines is 1. The quantitative estimate of drug-likeness (QED) is 0.397. The predicted octanol–water partition coefficient (Wildman–Crippen LogP) is 0.991. The predicted molar refractivity (Wildman–Crippen MR) is 113 cm³/mol. The van der Waals surface area contributed by atoms with E-state index in [0.717, 1.165) is 29.1 Å². The highest BCUT2D eigenvalue weighted by molar-refractivity contribution is 6.21. The Morgan fingerprint density at radius 1 is 1.00 bits per heavy atom. The number of nitrogens with zero attached hydrogens (tertiary/aromatic N) is 3. The zero-order valence-corrected chi connectivity index (χ0v) is 18.4. The second-order valence-electron chi connectivity index (χ2n) is 8.46. The van der Waals surface area contributed by atoms with Gasteiger partial charge in [0.25, 0.3) is 23.6 Å². The molecule has 1 aliphatic carbocycles. The van der Waals surface area contributed by atoms with Crippen molar-refractivity contribution in [3.8, 4) is 0 Å². The van der Waals surface area contributed by atoms with Crippen molar-refractivity contribution in [3.05, 3.63) is 29.3 Å². The van der Waals surface area contributed by atoms with Crippen molar-refractivity contribution in [1.82, 2.24) is 14.7 Å². The van der Waals surface area contributed by atoms with Gasteiger partial charge in [0, 0.05) is 19.8 Å². The van der Waals surface area contributed by atoms with Crippen molar-refractivity contribution in [2.75, 3.05) is 32.6 Å². The molecule has 0 radical (unpaired) electrons. The number of esters is 1. The van der Waals surface area contributed by atoms with Crippen LogP contribution in [0.25, 0.3) is 0 Å². The maximum atomic E-state index is 12.9. The number of nitrogens with one attached hydrogen (secondary N) is 1. The fourth-order valence-electron chi connectivity index (χ4n) is 4.63. The van der Waals surface area contributed by atoms with E-state index in [1.165, 1.54) is 30.1 Å². The van der Waals surface area contributed by atoms with Gasteiger partial charge in [-0.1, -0.05) is 19.3 Å². The first-order chi connectivity index (χ1) is 15.7. The summed E-state index contributed by atoms with van der Waals surface area (Å²) >= 11 is 0. The minimum Gasteiger partial charge on any atom is -0.454 e. The van der Waals surface area contributed by atoms with Crippen molar-refractivity contribution in [2.45, 2.75) is 37.6 Å². The SMILES string of the molecule is CN1C(=O)c2ccc(NC(=O)COC(=O)CN3C(=O)N(C)C4(CCCCC4)C3=O)cc2C1=O. The number of likely N-dealkylation sites (N-methyl/N-ethyl adjacent to an activating group) is 1. The summed E-state index contributed by atoms with van der Waals surface area (Å²) in [4.78, 5) is 77.2. The van der Waals surface area contributed by atoms with Crippen LogP contribution in [0.5, 0.6) is 0 Å². The Morgan fingerprint density at radius 3 is 2.36 bits per heavy atom. The molecule has 4 rings (SSSR count). The van der Waals surface area contributed by atoms with Crippen LogP contribution >= 0.6 is 0 Å². The lowest BCUT2D eigenvalue weighted by Crippen LogP contribution is -2.49. The van der Waals surface area contributed by atoms with Gasteiger partial charge >= 0.3 is 12.0 Å². The van der Waals surface area contributed by atoms with Crippen LogP contribution in [0.4, 0.5) is 10.5 Å². The van der Waals surface area contributed by atoms with Crippen LogP contribution in [0.2, 0.25) is 0 Å². The lowest BCUT2D eigenvalue weighted by atomic mass is 9.81. The van der Waals surface area contributed by atoms with Gasteiger partial charge in [0.2, 0.25) is 0 Å². The van der Waals surface area contributed by atoms with Crippen LogP contribution < -0.4 is 5.32 Å². The smallest absolute Gasteiger partial charge is 0.327 e. The molecule has 0 aromatic heterocycles. The number of hydrogen-bond donors (Lipinski definition) is 1. The molecular weight excluding hydrogens is 432 g/mol. The van der Waals surface area contributed by atoms with Crippen molar-refractivity contribution >= 4 is 41.3 Å². The molecule has 1 N–H and O–H groups in total. The van der Waals surface area contributed by atoms with Gasteiger partial charge in [-0.15, -0.1) is 0 Å². The third kappa shape index (κ3) is 3.73. The number of carbonyl (C=O) groups excluding carboxylic acids is 6. The highest BCUT2D eigenvalue weighted by atomic mass is 16.5. The van der Waals surface area contributed by atoms with Crippen LogP contribution in [0.3, 0.4) is 0 Å². The molecule has 1 aromatic carbocycles. The lowest BCUT2D eigenvalue weighted by molar-refractivity contribution is -0.150. The van der Waals surface area contributed by atoms with Crippen LogP contribution in [0.15, 0.2) is 18.2 Å². The van der Waals surface area contributed by atoms with E-state index >= 15 is 0 Å². The third-order valence-corrected chi connectivity index (χ3v) is 6.51. The van der Waals surface area contributed by atoms with Gasteiger partial charge in [-0.05, 0) is 31.0 Å². The maximum absolute atomic E-state index is 12.9. The van der Waals surface area contributed by atoms with E-state index in [4.69, 9.17) is 4.74 Å². The summed E-state index contributed by atoms with van der Waals surface area (Å²) in [6, 6.07) is 3.72. The molecule has 2 heterocycles. The number of urea groups is 1. The van der Waals surface area contributed by atoms with Crippen molar-refractivity contribution in [2.24, 2.45) is 0 Å². The fraction of sp³-hybridized carbons (Fsp3) is 0.455. The Labute approximate surface area is 189 Å². The average Bonchev–Trinajstić information content (AvgIpc) is 3.12. The third-order valence-electron chi connectivity index (χ3n) is 6.51. The highest BCUT2D eigenvalue weighted by Gasteiger charge is 2.56. The van der Waals surface area contributed by atoms with E-state index in [1.807, 2.05) is 0 Å². The van der Waals surface area contributed by atoms with Gasteiger partial charge in [0.05, 0.1) is 11.1 Å². The molecule has 11 heteroatoms. The van der Waals surface area contributed by atoms with E-state index in [2.05, 4.69) is 5.32 Å². The van der Waals surface area contributed by atoms with E-state index in [1.54, 1.807) is 7.05 Å². The Morgan fingerprint density at radius 2 is 1.67 bits per heavy atom.